The summed E-state index contributed by atoms with van der Waals surface area (Å²) in [7, 11) is 2.04. The second kappa shape index (κ2) is 6.40. The molecule has 1 saturated heterocycles. The zero-order valence-electron chi connectivity index (χ0n) is 11.3. The van der Waals surface area contributed by atoms with E-state index >= 15 is 0 Å². The number of amides is 2. The molecule has 0 spiro atoms. The molecule has 2 rings (SSSR count). The lowest BCUT2D eigenvalue weighted by molar-refractivity contribution is 0.0660. The molecule has 0 aromatic carbocycles. The lowest BCUT2D eigenvalue weighted by atomic mass is 10.4. The van der Waals surface area contributed by atoms with E-state index in [9.17, 15) is 9.59 Å². The van der Waals surface area contributed by atoms with Crippen molar-refractivity contribution >= 4 is 12.0 Å². The van der Waals surface area contributed by atoms with Crippen LogP contribution in [0.5, 0.6) is 0 Å². The zero-order valence-corrected chi connectivity index (χ0v) is 11.3. The summed E-state index contributed by atoms with van der Waals surface area (Å²) in [6.45, 7) is 3.50. The van der Waals surface area contributed by atoms with Crippen molar-refractivity contribution < 1.29 is 19.1 Å². The number of hydrogen-bond donors (Lipinski definition) is 3. The summed E-state index contributed by atoms with van der Waals surface area (Å²) in [5.41, 5.74) is 2.74. The lowest BCUT2D eigenvalue weighted by Gasteiger charge is -2.32. The Hall–Kier alpha value is -2.06. The lowest BCUT2D eigenvalue weighted by Crippen LogP contribution is -2.54. The first-order valence-corrected chi connectivity index (χ1v) is 6.34. The van der Waals surface area contributed by atoms with Gasteiger partial charge >= 0.3 is 12.0 Å². The van der Waals surface area contributed by atoms with E-state index in [1.165, 1.54) is 12.1 Å². The van der Waals surface area contributed by atoms with E-state index in [4.69, 9.17) is 9.52 Å². The summed E-state index contributed by atoms with van der Waals surface area (Å²) in [5, 5.41) is 13.2. The first kappa shape index (κ1) is 14.4. The molecule has 2 heterocycles. The number of hydrazine groups is 1. The molecule has 110 valence electrons. The Morgan fingerprint density at radius 2 is 2.00 bits per heavy atom. The minimum atomic E-state index is -1.13. The highest BCUT2D eigenvalue weighted by Crippen LogP contribution is 2.07. The van der Waals surface area contributed by atoms with Gasteiger partial charge < -0.3 is 19.7 Å². The fourth-order valence-electron chi connectivity index (χ4n) is 1.86. The highest BCUT2D eigenvalue weighted by atomic mass is 16.4. The van der Waals surface area contributed by atoms with Crippen LogP contribution in [-0.4, -0.2) is 60.2 Å². The molecule has 1 aliphatic heterocycles. The van der Waals surface area contributed by atoms with Gasteiger partial charge in [-0.3, -0.25) is 5.43 Å². The molecule has 3 N–H and O–H groups in total. The Morgan fingerprint density at radius 3 is 2.60 bits per heavy atom. The molecular weight excluding hydrogens is 264 g/mol. The summed E-state index contributed by atoms with van der Waals surface area (Å²) < 4.78 is 5.04. The number of hydrogen-bond acceptors (Lipinski definition) is 5. The van der Waals surface area contributed by atoms with E-state index in [-0.39, 0.29) is 18.3 Å². The van der Waals surface area contributed by atoms with Gasteiger partial charge in [-0.2, -0.15) is 0 Å². The van der Waals surface area contributed by atoms with Gasteiger partial charge in [-0.25, -0.2) is 14.6 Å². The van der Waals surface area contributed by atoms with Gasteiger partial charge in [0.1, 0.15) is 5.76 Å². The van der Waals surface area contributed by atoms with Crippen LogP contribution in [0.1, 0.15) is 16.3 Å². The van der Waals surface area contributed by atoms with E-state index in [2.05, 4.69) is 15.6 Å². The molecule has 0 saturated carbocycles. The molecule has 0 bridgehead atoms. The first-order chi connectivity index (χ1) is 9.54. The zero-order chi connectivity index (χ0) is 14.5. The highest BCUT2D eigenvalue weighted by molar-refractivity contribution is 5.84. The van der Waals surface area contributed by atoms with E-state index in [1.54, 1.807) is 0 Å². The van der Waals surface area contributed by atoms with Crippen molar-refractivity contribution in [2.75, 3.05) is 33.2 Å². The number of nitrogens with zero attached hydrogens (tertiary/aromatic N) is 2. The molecule has 1 fully saturated rings. The molecule has 0 atom stereocenters. The van der Waals surface area contributed by atoms with Crippen LogP contribution in [-0.2, 0) is 6.54 Å². The average Bonchev–Trinajstić information content (AvgIpc) is 2.88. The second-order valence-electron chi connectivity index (χ2n) is 4.66. The van der Waals surface area contributed by atoms with Gasteiger partial charge in [0.25, 0.3) is 0 Å². The minimum absolute atomic E-state index is 0.138. The van der Waals surface area contributed by atoms with Gasteiger partial charge in [-0.15, -0.1) is 0 Å². The Labute approximate surface area is 116 Å². The summed E-state index contributed by atoms with van der Waals surface area (Å²) in [5.74, 6) is -0.865. The maximum Gasteiger partial charge on any atom is 0.371 e. The van der Waals surface area contributed by atoms with Crippen molar-refractivity contribution in [3.63, 3.8) is 0 Å². The van der Waals surface area contributed by atoms with Crippen molar-refractivity contribution in [2.45, 2.75) is 6.54 Å². The van der Waals surface area contributed by atoms with Crippen molar-refractivity contribution in [1.82, 2.24) is 20.7 Å². The smallest absolute Gasteiger partial charge is 0.371 e. The maximum absolute atomic E-state index is 11.7. The van der Waals surface area contributed by atoms with Gasteiger partial charge in [0.15, 0.2) is 0 Å². The van der Waals surface area contributed by atoms with Crippen molar-refractivity contribution in [3.05, 3.63) is 23.7 Å². The number of urea groups is 1. The topological polar surface area (TPSA) is 98.1 Å². The first-order valence-electron chi connectivity index (χ1n) is 6.34. The number of piperazine rings is 1. The number of carbonyl (C=O) groups is 2. The predicted octanol–water partition coefficient (Wildman–Crippen LogP) is -0.0606. The molecule has 8 heteroatoms. The monoisotopic (exact) mass is 282 g/mol. The van der Waals surface area contributed by atoms with Crippen molar-refractivity contribution in [2.24, 2.45) is 0 Å². The molecule has 2 amide bonds. The van der Waals surface area contributed by atoms with Crippen molar-refractivity contribution in [1.29, 1.82) is 0 Å². The number of furan rings is 1. The summed E-state index contributed by atoms with van der Waals surface area (Å²) in [4.78, 5) is 24.5. The van der Waals surface area contributed by atoms with Crippen molar-refractivity contribution in [3.8, 4) is 0 Å². The molecule has 1 aromatic rings. The third-order valence-electron chi connectivity index (χ3n) is 3.06. The Kier molecular flexibility index (Phi) is 4.59. The number of carboxylic acid groups (broad SMARTS) is 1. The fourth-order valence-corrected chi connectivity index (χ4v) is 1.86. The van der Waals surface area contributed by atoms with E-state index in [0.29, 0.717) is 5.76 Å². The number of carboxylic acids is 1. The minimum Gasteiger partial charge on any atom is -0.475 e. The van der Waals surface area contributed by atoms with Crippen LogP contribution in [0.15, 0.2) is 16.5 Å². The molecule has 0 unspecified atom stereocenters. The SMILES string of the molecule is CN1CCN(NC(=O)NCc2ccc(C(=O)O)o2)CC1. The van der Waals surface area contributed by atoms with E-state index in [0.717, 1.165) is 26.2 Å². The Morgan fingerprint density at radius 1 is 1.30 bits per heavy atom. The summed E-state index contributed by atoms with van der Waals surface area (Å²) in [6.07, 6.45) is 0. The van der Waals surface area contributed by atoms with Gasteiger partial charge in [0, 0.05) is 26.2 Å². The Bertz CT molecular complexity index is 480. The van der Waals surface area contributed by atoms with E-state index < -0.39 is 5.97 Å². The van der Waals surface area contributed by atoms with Crippen LogP contribution in [0.2, 0.25) is 0 Å². The second-order valence-corrected chi connectivity index (χ2v) is 4.66. The van der Waals surface area contributed by atoms with Gasteiger partial charge in [0.05, 0.1) is 6.54 Å². The fraction of sp³-hybridized carbons (Fsp3) is 0.500. The molecule has 20 heavy (non-hydrogen) atoms. The third-order valence-corrected chi connectivity index (χ3v) is 3.06. The standard InChI is InChI=1S/C12H18N4O4/c1-15-4-6-16(7-5-15)14-12(19)13-8-9-2-3-10(20-9)11(17)18/h2-3H,4-8H2,1H3,(H,17,18)(H2,13,14,19). The van der Waals surface area contributed by atoms with Crippen LogP contribution in [0.4, 0.5) is 4.79 Å². The molecule has 0 radical (unpaired) electrons. The number of nitrogens with one attached hydrogen (secondary N) is 2. The van der Waals surface area contributed by atoms with Gasteiger partial charge in [0.2, 0.25) is 5.76 Å². The number of aromatic carboxylic acids is 1. The van der Waals surface area contributed by atoms with Crippen LogP contribution in [0.3, 0.4) is 0 Å². The largest absolute Gasteiger partial charge is 0.475 e. The van der Waals surface area contributed by atoms with Crippen LogP contribution < -0.4 is 10.7 Å². The molecule has 1 aromatic heterocycles. The van der Waals surface area contributed by atoms with Crippen LogP contribution in [0, 0.1) is 0 Å². The molecule has 8 nitrogen and oxygen atoms in total. The molecule has 1 aliphatic rings. The molecule has 0 aliphatic carbocycles. The Balaban J connectivity index is 1.73. The van der Waals surface area contributed by atoms with Crippen LogP contribution in [0.25, 0.3) is 0 Å². The number of likely N-dealkylation sites (N-methyl/N-ethyl adjacent to an activating group) is 1. The predicted molar refractivity (Wildman–Crippen MR) is 70.1 cm³/mol. The highest BCUT2D eigenvalue weighted by Gasteiger charge is 2.16. The quantitative estimate of drug-likeness (QED) is 0.715. The van der Waals surface area contributed by atoms with E-state index in [1.807, 2.05) is 12.1 Å². The number of rotatable bonds is 4. The summed E-state index contributed by atoms with van der Waals surface area (Å²) >= 11 is 0. The van der Waals surface area contributed by atoms with Gasteiger partial charge in [-0.05, 0) is 19.2 Å². The molecular formula is C12H18N4O4. The normalized spacial score (nSPS) is 16.9. The summed E-state index contributed by atoms with van der Waals surface area (Å²) in [6, 6.07) is 2.56. The average molecular weight is 282 g/mol. The maximum atomic E-state index is 11.7. The third kappa shape index (κ3) is 3.97. The van der Waals surface area contributed by atoms with Gasteiger partial charge in [-0.1, -0.05) is 0 Å². The van der Waals surface area contributed by atoms with Crippen LogP contribution >= 0.6 is 0 Å². The number of carbonyl (C=O) groups excluding carboxylic acids is 1.